The van der Waals surface area contributed by atoms with Gasteiger partial charge in [0.15, 0.2) is 0 Å². The molecule has 1 aromatic heterocycles. The molecule has 6 nitrogen and oxygen atoms in total. The van der Waals surface area contributed by atoms with Gasteiger partial charge in [-0.1, -0.05) is 6.92 Å². The number of hydrogen-bond acceptors (Lipinski definition) is 5. The Morgan fingerprint density at radius 2 is 2.39 bits per heavy atom. The summed E-state index contributed by atoms with van der Waals surface area (Å²) >= 11 is 0. The molecule has 2 heterocycles. The van der Waals surface area contributed by atoms with Crippen LogP contribution in [0.15, 0.2) is 11.0 Å². The average molecular weight is 253 g/mol. The number of methoxy groups -OCH3 is 1. The Bertz CT molecular complexity index is 474. The summed E-state index contributed by atoms with van der Waals surface area (Å²) in [6.45, 7) is 3.85. The summed E-state index contributed by atoms with van der Waals surface area (Å²) in [5.41, 5.74) is 6.00. The molecule has 2 N–H and O–H groups in total. The Labute approximate surface area is 106 Å². The van der Waals surface area contributed by atoms with E-state index in [1.165, 1.54) is 4.57 Å². The molecule has 6 heteroatoms. The molecule has 0 amide bonds. The van der Waals surface area contributed by atoms with Crippen LogP contribution in [0, 0.1) is 6.92 Å². The standard InChI is InChI=1S/C12H19N3O3/c1-4-8-9(17-3)5-10(18-8)15-6-7(2)11(13)14-12(15)16/h6,8-10H,4-5H2,1-3H3,(H2,13,14,16)/t8-,9-,10-/m1/s1. The van der Waals surface area contributed by atoms with Crippen molar-refractivity contribution >= 4 is 5.82 Å². The van der Waals surface area contributed by atoms with Crippen LogP contribution >= 0.6 is 0 Å². The first-order valence-electron chi connectivity index (χ1n) is 6.10. The molecular weight excluding hydrogens is 234 g/mol. The van der Waals surface area contributed by atoms with E-state index < -0.39 is 0 Å². The maximum absolute atomic E-state index is 11.8. The first kappa shape index (κ1) is 13.0. The molecule has 0 radical (unpaired) electrons. The highest BCUT2D eigenvalue weighted by Gasteiger charge is 2.35. The molecule has 1 aliphatic rings. The van der Waals surface area contributed by atoms with E-state index in [1.807, 2.05) is 13.8 Å². The third-order valence-electron chi connectivity index (χ3n) is 3.37. The lowest BCUT2D eigenvalue weighted by atomic mass is 10.1. The number of nitrogen functional groups attached to an aromatic ring is 1. The lowest BCUT2D eigenvalue weighted by Gasteiger charge is -2.15. The van der Waals surface area contributed by atoms with E-state index in [-0.39, 0.29) is 29.9 Å². The van der Waals surface area contributed by atoms with Crippen LogP contribution in [-0.2, 0) is 9.47 Å². The van der Waals surface area contributed by atoms with Crippen molar-refractivity contribution in [2.24, 2.45) is 0 Å². The van der Waals surface area contributed by atoms with Gasteiger partial charge >= 0.3 is 5.69 Å². The fourth-order valence-electron chi connectivity index (χ4n) is 2.27. The number of nitrogens with zero attached hydrogens (tertiary/aromatic N) is 2. The van der Waals surface area contributed by atoms with Crippen LogP contribution in [-0.4, -0.2) is 28.9 Å². The third-order valence-corrected chi connectivity index (χ3v) is 3.37. The van der Waals surface area contributed by atoms with Crippen molar-refractivity contribution in [1.82, 2.24) is 9.55 Å². The summed E-state index contributed by atoms with van der Waals surface area (Å²) in [7, 11) is 1.66. The van der Waals surface area contributed by atoms with Crippen molar-refractivity contribution in [3.8, 4) is 0 Å². The Morgan fingerprint density at radius 3 is 2.94 bits per heavy atom. The van der Waals surface area contributed by atoms with E-state index in [9.17, 15) is 4.79 Å². The van der Waals surface area contributed by atoms with E-state index >= 15 is 0 Å². The number of nitrogens with two attached hydrogens (primary N) is 1. The third kappa shape index (κ3) is 2.26. The minimum absolute atomic E-state index is 0.0183. The number of anilines is 1. The minimum Gasteiger partial charge on any atom is -0.383 e. The Hall–Kier alpha value is -1.40. The largest absolute Gasteiger partial charge is 0.383 e. The molecule has 0 aliphatic carbocycles. The first-order chi connectivity index (χ1) is 8.56. The van der Waals surface area contributed by atoms with E-state index in [0.717, 1.165) is 12.0 Å². The van der Waals surface area contributed by atoms with Gasteiger partial charge in [0.25, 0.3) is 0 Å². The Morgan fingerprint density at radius 1 is 1.67 bits per heavy atom. The average Bonchev–Trinajstić information content (AvgIpc) is 2.76. The van der Waals surface area contributed by atoms with Crippen LogP contribution in [0.2, 0.25) is 0 Å². The zero-order chi connectivity index (χ0) is 13.3. The van der Waals surface area contributed by atoms with Crippen LogP contribution in [0.5, 0.6) is 0 Å². The Kier molecular flexibility index (Phi) is 3.68. The van der Waals surface area contributed by atoms with Crippen LogP contribution in [0.25, 0.3) is 0 Å². The molecule has 1 aliphatic heterocycles. The predicted octanol–water partition coefficient (Wildman–Crippen LogP) is 0.846. The molecule has 0 saturated carbocycles. The first-order valence-corrected chi connectivity index (χ1v) is 6.10. The van der Waals surface area contributed by atoms with Gasteiger partial charge in [0.2, 0.25) is 0 Å². The smallest absolute Gasteiger partial charge is 0.351 e. The van der Waals surface area contributed by atoms with E-state index in [0.29, 0.717) is 6.42 Å². The highest BCUT2D eigenvalue weighted by molar-refractivity contribution is 5.35. The van der Waals surface area contributed by atoms with Gasteiger partial charge < -0.3 is 15.2 Å². The summed E-state index contributed by atoms with van der Waals surface area (Å²) in [6, 6.07) is 0. The molecule has 0 aromatic carbocycles. The van der Waals surface area contributed by atoms with E-state index in [4.69, 9.17) is 15.2 Å². The van der Waals surface area contributed by atoms with Gasteiger partial charge in [-0.05, 0) is 13.3 Å². The fourth-order valence-corrected chi connectivity index (χ4v) is 2.27. The minimum atomic E-state index is -0.380. The second-order valence-corrected chi connectivity index (χ2v) is 4.55. The van der Waals surface area contributed by atoms with Gasteiger partial charge in [-0.15, -0.1) is 0 Å². The second kappa shape index (κ2) is 5.07. The van der Waals surface area contributed by atoms with E-state index in [1.54, 1.807) is 13.3 Å². The number of ether oxygens (including phenoxy) is 2. The normalized spacial score (nSPS) is 27.6. The van der Waals surface area contributed by atoms with Gasteiger partial charge in [-0.25, -0.2) is 4.79 Å². The molecule has 3 atom stereocenters. The maximum Gasteiger partial charge on any atom is 0.351 e. The van der Waals surface area contributed by atoms with Gasteiger partial charge in [-0.3, -0.25) is 4.57 Å². The molecule has 2 rings (SSSR count). The van der Waals surface area contributed by atoms with Crippen molar-refractivity contribution in [2.75, 3.05) is 12.8 Å². The van der Waals surface area contributed by atoms with Gasteiger partial charge in [0.05, 0.1) is 12.2 Å². The summed E-state index contributed by atoms with van der Waals surface area (Å²) in [4.78, 5) is 15.6. The van der Waals surface area contributed by atoms with Crippen molar-refractivity contribution < 1.29 is 9.47 Å². The molecule has 0 spiro atoms. The summed E-state index contributed by atoms with van der Waals surface area (Å²) in [5, 5.41) is 0. The van der Waals surface area contributed by atoms with Crippen LogP contribution in [0.3, 0.4) is 0 Å². The summed E-state index contributed by atoms with van der Waals surface area (Å²) in [5.74, 6) is 0.268. The van der Waals surface area contributed by atoms with Gasteiger partial charge in [0.1, 0.15) is 12.0 Å². The monoisotopic (exact) mass is 253 g/mol. The topological polar surface area (TPSA) is 79.4 Å². The fraction of sp³-hybridized carbons (Fsp3) is 0.667. The second-order valence-electron chi connectivity index (χ2n) is 4.55. The molecule has 0 unspecified atom stereocenters. The molecular formula is C12H19N3O3. The lowest BCUT2D eigenvalue weighted by Crippen LogP contribution is -2.28. The van der Waals surface area contributed by atoms with E-state index in [2.05, 4.69) is 4.98 Å². The van der Waals surface area contributed by atoms with Gasteiger partial charge in [-0.2, -0.15) is 4.98 Å². The molecule has 0 bridgehead atoms. The zero-order valence-corrected chi connectivity index (χ0v) is 10.9. The highest BCUT2D eigenvalue weighted by Crippen LogP contribution is 2.31. The predicted molar refractivity (Wildman–Crippen MR) is 67.3 cm³/mol. The number of aryl methyl sites for hydroxylation is 1. The van der Waals surface area contributed by atoms with Crippen molar-refractivity contribution in [3.63, 3.8) is 0 Å². The molecule has 1 fully saturated rings. The van der Waals surface area contributed by atoms with Crippen LogP contribution < -0.4 is 11.4 Å². The number of hydrogen-bond donors (Lipinski definition) is 1. The molecule has 100 valence electrons. The molecule has 1 aromatic rings. The van der Waals surface area contributed by atoms with Crippen LogP contribution in [0.1, 0.15) is 31.6 Å². The highest BCUT2D eigenvalue weighted by atomic mass is 16.6. The molecule has 1 saturated heterocycles. The van der Waals surface area contributed by atoms with Crippen molar-refractivity contribution in [2.45, 2.75) is 45.1 Å². The summed E-state index contributed by atoms with van der Waals surface area (Å²) in [6.07, 6.45) is 2.92. The van der Waals surface area contributed by atoms with Crippen molar-refractivity contribution in [1.29, 1.82) is 0 Å². The quantitative estimate of drug-likeness (QED) is 0.863. The van der Waals surface area contributed by atoms with Crippen LogP contribution in [0.4, 0.5) is 5.82 Å². The summed E-state index contributed by atoms with van der Waals surface area (Å²) < 4.78 is 12.7. The van der Waals surface area contributed by atoms with Crippen molar-refractivity contribution in [3.05, 3.63) is 22.2 Å². The SMILES string of the molecule is CC[C@H]1O[C@@H](n2cc(C)c(N)nc2=O)C[C@H]1OC. The van der Waals surface area contributed by atoms with Gasteiger partial charge in [0, 0.05) is 25.3 Å². The Balaban J connectivity index is 2.28. The number of rotatable bonds is 3. The maximum atomic E-state index is 11.8. The zero-order valence-electron chi connectivity index (χ0n) is 10.9. The molecule has 18 heavy (non-hydrogen) atoms. The number of aromatic nitrogens is 2. The lowest BCUT2D eigenvalue weighted by molar-refractivity contribution is -0.0301.